The average Bonchev–Trinajstić information content (AvgIpc) is 0.756. The minimum Gasteiger partial charge on any atom is -0.497 e. The Labute approximate surface area is 575 Å². The van der Waals surface area contributed by atoms with Gasteiger partial charge < -0.3 is 48.8 Å². The van der Waals surface area contributed by atoms with Gasteiger partial charge in [-0.2, -0.15) is 0 Å². The highest BCUT2D eigenvalue weighted by atomic mass is 16.5. The van der Waals surface area contributed by atoms with Crippen molar-refractivity contribution in [2.45, 2.75) is 108 Å². The van der Waals surface area contributed by atoms with Crippen molar-refractivity contribution in [1.82, 2.24) is 0 Å². The zero-order chi connectivity index (χ0) is 74.1. The zero-order valence-corrected chi connectivity index (χ0v) is 59.1. The van der Waals surface area contributed by atoms with E-state index in [9.17, 15) is 58.2 Å². The summed E-state index contributed by atoms with van der Waals surface area (Å²) in [6.07, 6.45) is 0. The van der Waals surface area contributed by atoms with Crippen molar-refractivity contribution in [3.63, 3.8) is 0 Å². The molecule has 20 nitrogen and oxygen atoms in total. The van der Waals surface area contributed by atoms with Crippen LogP contribution in [0.15, 0.2) is 170 Å². The summed E-state index contributed by atoms with van der Waals surface area (Å²) in [6.45, 7) is 16.2. The van der Waals surface area contributed by atoms with Gasteiger partial charge in [0.15, 0.2) is 0 Å². The van der Waals surface area contributed by atoms with E-state index in [1.54, 1.807) is 55.8 Å². The molecule has 0 aliphatic carbocycles. The number of hydrogen-bond donors (Lipinski definition) is 4. The van der Waals surface area contributed by atoms with E-state index in [4.69, 9.17) is 38.6 Å². The SMILES string of the molecule is CC(=O)C(CO)(CO)C(C)=O.CC(=O)C(CO)(COC(=O)C(C)(C)C)C(C)=O.COc1ccc(C(OCC(CO)(C(C)=O)C(C)=O)(c2ccccc2)c2ccccc2)cc1.COc1ccc(C(OCC(COC(=O)C(C)(C)C)(C(C)=O)C(C)=O)(c2ccccc2)c2ccccc2)cc1. The van der Waals surface area contributed by atoms with Crippen LogP contribution in [0.4, 0.5) is 0 Å². The van der Waals surface area contributed by atoms with Crippen LogP contribution in [0.5, 0.6) is 11.5 Å². The van der Waals surface area contributed by atoms with Gasteiger partial charge in [-0.1, -0.05) is 146 Å². The summed E-state index contributed by atoms with van der Waals surface area (Å²) < 4.78 is 34.6. The number of carbonyl (C=O) groups excluding carboxylic acids is 10. The standard InChI is InChI=1S/C32H36O6.C27H28O5.C12H20O5.C7H12O4/c1-23(33)31(24(2)34,21-37-29(35)30(3,4)5)22-38-32(25-13-9-7-10-14-25,26-15-11-8-12-16-26)27-17-19-28(36-6)20-18-27;1-20(29)26(18-28,21(2)30)19-32-27(22-10-6-4-7-11-22,23-12-8-5-9-13-23)24-14-16-25(31-3)17-15-24;1-8(14)12(6-13,9(2)15)7-17-10(16)11(3,4)5;1-5(10)7(3-8,4-9)6(2)11/h7-20H,21-22H2,1-6H3;4-17,28H,18-19H2,1-3H3;13H,6-7H2,1-5H3;8-9H,3-4H2,1-2H3. The maximum Gasteiger partial charge on any atom is 0.311 e. The van der Waals surface area contributed by atoms with Crippen LogP contribution >= 0.6 is 0 Å². The summed E-state index contributed by atoms with van der Waals surface area (Å²) in [6, 6.07) is 53.5. The van der Waals surface area contributed by atoms with Crippen LogP contribution in [0.2, 0.25) is 0 Å². The number of rotatable bonds is 30. The second-order valence-corrected chi connectivity index (χ2v) is 25.9. The molecule has 0 saturated heterocycles. The predicted molar refractivity (Wildman–Crippen MR) is 368 cm³/mol. The van der Waals surface area contributed by atoms with Gasteiger partial charge in [-0.25, -0.2) is 0 Å². The molecule has 4 N–H and O–H groups in total. The Balaban J connectivity index is 0.000000374. The Morgan fingerprint density at radius 2 is 0.490 bits per heavy atom. The van der Waals surface area contributed by atoms with Crippen molar-refractivity contribution in [3.05, 3.63) is 203 Å². The van der Waals surface area contributed by atoms with Crippen molar-refractivity contribution < 1.29 is 96.8 Å². The third-order valence-corrected chi connectivity index (χ3v) is 17.4. The molecule has 0 heterocycles. The Bertz CT molecular complexity index is 3480. The topological polar surface area (TPSA) is 307 Å². The molecular weight excluding hydrogens is 1260 g/mol. The second kappa shape index (κ2) is 36.5. The van der Waals surface area contributed by atoms with Crippen molar-refractivity contribution in [2.24, 2.45) is 32.5 Å². The molecule has 6 aromatic carbocycles. The van der Waals surface area contributed by atoms with Gasteiger partial charge in [-0.3, -0.25) is 47.9 Å². The van der Waals surface area contributed by atoms with Gasteiger partial charge in [0.05, 0.1) is 64.7 Å². The minimum absolute atomic E-state index is 0.274. The Morgan fingerprint density at radius 1 is 0.286 bits per heavy atom. The van der Waals surface area contributed by atoms with Crippen LogP contribution in [-0.2, 0) is 78.1 Å². The molecule has 0 atom stereocenters. The number of aliphatic hydroxyl groups is 4. The fraction of sp³-hybridized carbons (Fsp3) is 0.410. The van der Waals surface area contributed by atoms with Gasteiger partial charge in [0.1, 0.15) is 104 Å². The van der Waals surface area contributed by atoms with Crippen molar-refractivity contribution in [1.29, 1.82) is 0 Å². The lowest BCUT2D eigenvalue weighted by Crippen LogP contribution is -2.49. The number of ether oxygens (including phenoxy) is 6. The van der Waals surface area contributed by atoms with E-state index in [0.29, 0.717) is 11.5 Å². The number of aliphatic hydroxyl groups excluding tert-OH is 4. The molecule has 0 amide bonds. The number of esters is 2. The van der Waals surface area contributed by atoms with E-state index in [-0.39, 0.29) is 13.2 Å². The van der Waals surface area contributed by atoms with Crippen LogP contribution < -0.4 is 9.47 Å². The molecule has 0 aromatic heterocycles. The maximum atomic E-state index is 13.1. The van der Waals surface area contributed by atoms with E-state index in [1.165, 1.54) is 55.4 Å². The molecular formula is C78H96O20. The first-order chi connectivity index (χ1) is 46.0. The normalized spacial score (nSPS) is 11.9. The molecule has 0 unspecified atom stereocenters. The van der Waals surface area contributed by atoms with Crippen LogP contribution in [0.3, 0.4) is 0 Å². The summed E-state index contributed by atoms with van der Waals surface area (Å²) in [5, 5.41) is 36.7. The van der Waals surface area contributed by atoms with E-state index in [0.717, 1.165) is 33.4 Å². The fourth-order valence-corrected chi connectivity index (χ4v) is 9.99. The Hall–Kier alpha value is -9.02. The highest BCUT2D eigenvalue weighted by Crippen LogP contribution is 2.45. The quantitative estimate of drug-likeness (QED) is 0.0185. The number of methoxy groups -OCH3 is 2. The van der Waals surface area contributed by atoms with Crippen molar-refractivity contribution in [3.8, 4) is 11.5 Å². The van der Waals surface area contributed by atoms with E-state index < -0.39 is 142 Å². The lowest BCUT2D eigenvalue weighted by molar-refractivity contribution is -0.166. The molecule has 6 aromatic rings. The van der Waals surface area contributed by atoms with Gasteiger partial charge in [-0.05, 0) is 155 Å². The van der Waals surface area contributed by atoms with E-state index in [2.05, 4.69) is 0 Å². The molecule has 0 fully saturated rings. The summed E-state index contributed by atoms with van der Waals surface area (Å²) in [4.78, 5) is 120. The summed E-state index contributed by atoms with van der Waals surface area (Å²) in [7, 11) is 3.20. The Kier molecular flexibility index (Phi) is 31.0. The lowest BCUT2D eigenvalue weighted by Gasteiger charge is -2.39. The predicted octanol–water partition coefficient (Wildman–Crippen LogP) is 9.79. The van der Waals surface area contributed by atoms with Gasteiger partial charge in [-0.15, -0.1) is 0 Å². The van der Waals surface area contributed by atoms with Gasteiger partial charge in [0.25, 0.3) is 0 Å². The third-order valence-electron chi connectivity index (χ3n) is 17.4. The van der Waals surface area contributed by atoms with Crippen molar-refractivity contribution >= 4 is 58.2 Å². The van der Waals surface area contributed by atoms with Crippen LogP contribution in [-0.4, -0.2) is 146 Å². The monoisotopic (exact) mass is 1350 g/mol. The first-order valence-electron chi connectivity index (χ1n) is 31.6. The molecule has 0 spiro atoms. The number of ketones is 8. The van der Waals surface area contributed by atoms with E-state index >= 15 is 0 Å². The minimum atomic E-state index is -1.68. The van der Waals surface area contributed by atoms with Crippen LogP contribution in [0.25, 0.3) is 0 Å². The van der Waals surface area contributed by atoms with Crippen LogP contribution in [0, 0.1) is 32.5 Å². The van der Waals surface area contributed by atoms with Gasteiger partial charge in [0.2, 0.25) is 0 Å². The number of carbonyl (C=O) groups is 10. The fourth-order valence-electron chi connectivity index (χ4n) is 9.99. The van der Waals surface area contributed by atoms with Gasteiger partial charge in [0, 0.05) is 0 Å². The van der Waals surface area contributed by atoms with Crippen LogP contribution in [0.1, 0.15) is 130 Å². The highest BCUT2D eigenvalue weighted by Gasteiger charge is 2.49. The number of hydrogen-bond acceptors (Lipinski definition) is 20. The summed E-state index contributed by atoms with van der Waals surface area (Å²) in [5.74, 6) is -3.40. The van der Waals surface area contributed by atoms with Gasteiger partial charge >= 0.3 is 11.9 Å². The first-order valence-corrected chi connectivity index (χ1v) is 31.6. The largest absolute Gasteiger partial charge is 0.497 e. The van der Waals surface area contributed by atoms with Crippen molar-refractivity contribution in [2.75, 3.05) is 67.1 Å². The zero-order valence-electron chi connectivity index (χ0n) is 59.1. The molecule has 20 heteroatoms. The summed E-state index contributed by atoms with van der Waals surface area (Å²) >= 11 is 0. The average molecular weight is 1350 g/mol. The maximum absolute atomic E-state index is 13.1. The van der Waals surface area contributed by atoms with E-state index in [1.807, 2.05) is 170 Å². The third kappa shape index (κ3) is 19.6. The molecule has 6 rings (SSSR count). The number of benzene rings is 6. The molecule has 0 bridgehead atoms. The smallest absolute Gasteiger partial charge is 0.311 e. The molecule has 0 aliphatic rings. The molecule has 528 valence electrons. The highest BCUT2D eigenvalue weighted by molar-refractivity contribution is 6.07. The molecule has 0 radical (unpaired) electrons. The number of Topliss-reactive ketones (excluding diaryl/α,β-unsaturated/α-hetero) is 8. The Morgan fingerprint density at radius 3 is 0.684 bits per heavy atom. The summed E-state index contributed by atoms with van der Waals surface area (Å²) in [5.41, 5.74) is -5.48. The molecule has 0 saturated carbocycles. The lowest BCUT2D eigenvalue weighted by atomic mass is 9.78. The molecule has 98 heavy (non-hydrogen) atoms. The molecule has 0 aliphatic heterocycles. The first kappa shape index (κ1) is 83.2. The second-order valence-electron chi connectivity index (χ2n) is 25.9.